The Morgan fingerprint density at radius 1 is 1.07 bits per heavy atom. The number of nitrogens with zero attached hydrogens (tertiary/aromatic N) is 3. The van der Waals surface area contributed by atoms with Crippen LogP contribution in [0.15, 0.2) is 88.5 Å². The molecular weight excluding hydrogens is 575 g/mol. The maximum atomic E-state index is 15.3. The minimum absolute atomic E-state index is 0.0425. The van der Waals surface area contributed by atoms with E-state index in [0.29, 0.717) is 27.7 Å². The lowest BCUT2D eigenvalue weighted by Gasteiger charge is -2.14. The molecule has 6 rings (SSSR count). The predicted molar refractivity (Wildman–Crippen MR) is 155 cm³/mol. The summed E-state index contributed by atoms with van der Waals surface area (Å²) in [4.78, 5) is 38.2. The van der Waals surface area contributed by atoms with Crippen LogP contribution in [0, 0.1) is 12.7 Å². The highest BCUT2D eigenvalue weighted by Crippen LogP contribution is 2.36. The third-order valence-corrected chi connectivity index (χ3v) is 7.52. The maximum Gasteiger partial charge on any atom is 0.232 e. The Kier molecular flexibility index (Phi) is 6.51. The average Bonchev–Trinajstić information content (AvgIpc) is 3.39. The van der Waals surface area contributed by atoms with Crippen LogP contribution in [0.1, 0.15) is 21.6 Å². The van der Waals surface area contributed by atoms with Crippen LogP contribution < -0.4 is 10.2 Å². The Hall–Kier alpha value is -4.63. The Balaban J connectivity index is 1.30. The normalized spacial score (nSPS) is 11.3. The molecule has 0 saturated heterocycles. The smallest absolute Gasteiger partial charge is 0.232 e. The second kappa shape index (κ2) is 10.2. The van der Waals surface area contributed by atoms with E-state index >= 15 is 4.39 Å². The number of aromatic amines is 1. The number of carbonyl (C=O) groups is 1. The van der Waals surface area contributed by atoms with Crippen molar-refractivity contribution in [2.24, 2.45) is 7.05 Å². The molecule has 198 valence electrons. The number of fused-ring (bicyclic) bond motifs is 2. The molecule has 3 heterocycles. The summed E-state index contributed by atoms with van der Waals surface area (Å²) in [6, 6.07) is 19.4. The number of carbonyl (C=O) groups excluding carboxylic acids is 1. The second-order valence-corrected chi connectivity index (χ2v) is 10.4. The Morgan fingerprint density at radius 2 is 1.88 bits per heavy atom. The fourth-order valence-corrected chi connectivity index (χ4v) is 5.29. The van der Waals surface area contributed by atoms with Gasteiger partial charge in [-0.3, -0.25) is 9.59 Å². The lowest BCUT2D eigenvalue weighted by atomic mass is 9.99. The molecule has 0 spiro atoms. The Morgan fingerprint density at radius 3 is 2.65 bits per heavy atom. The molecule has 3 aromatic carbocycles. The van der Waals surface area contributed by atoms with Crippen LogP contribution in [-0.2, 0) is 13.5 Å². The van der Waals surface area contributed by atoms with Gasteiger partial charge in [0.1, 0.15) is 12.0 Å². The zero-order valence-corrected chi connectivity index (χ0v) is 23.1. The highest BCUT2D eigenvalue weighted by molar-refractivity contribution is 9.10. The number of pyridine rings is 1. The number of ketones is 1. The molecule has 40 heavy (non-hydrogen) atoms. The fourth-order valence-electron chi connectivity index (χ4n) is 4.93. The van der Waals surface area contributed by atoms with Crippen molar-refractivity contribution in [1.82, 2.24) is 19.5 Å². The number of benzene rings is 3. The summed E-state index contributed by atoms with van der Waals surface area (Å²) in [5, 5.41) is 1.07. The van der Waals surface area contributed by atoms with E-state index in [-0.39, 0.29) is 34.8 Å². The minimum atomic E-state index is -0.652. The molecule has 0 unspecified atom stereocenters. The lowest BCUT2D eigenvalue weighted by Crippen LogP contribution is -2.23. The summed E-state index contributed by atoms with van der Waals surface area (Å²) in [6.07, 6.45) is 3.02. The molecule has 0 radical (unpaired) electrons. The molecule has 0 bridgehead atoms. The molecule has 0 aliphatic carbocycles. The van der Waals surface area contributed by atoms with Gasteiger partial charge in [-0.2, -0.15) is 0 Å². The van der Waals surface area contributed by atoms with Crippen molar-refractivity contribution >= 4 is 43.6 Å². The van der Waals surface area contributed by atoms with Crippen molar-refractivity contribution < 1.29 is 13.9 Å². The van der Waals surface area contributed by atoms with E-state index in [4.69, 9.17) is 4.74 Å². The molecule has 0 atom stereocenters. The van der Waals surface area contributed by atoms with Gasteiger partial charge in [-0.15, -0.1) is 0 Å². The zero-order valence-electron chi connectivity index (χ0n) is 21.5. The van der Waals surface area contributed by atoms with Gasteiger partial charge in [-0.05, 0) is 48.4 Å². The highest BCUT2D eigenvalue weighted by atomic mass is 79.9. The van der Waals surface area contributed by atoms with Gasteiger partial charge in [0.05, 0.1) is 16.5 Å². The molecule has 0 fully saturated rings. The number of ether oxygens (including phenoxy) is 1. The summed E-state index contributed by atoms with van der Waals surface area (Å²) in [7, 11) is 1.81. The van der Waals surface area contributed by atoms with E-state index in [1.807, 2.05) is 60.3 Å². The number of halogens is 2. The van der Waals surface area contributed by atoms with Crippen molar-refractivity contribution in [3.8, 4) is 22.8 Å². The lowest BCUT2D eigenvalue weighted by molar-refractivity contribution is 0.0990. The van der Waals surface area contributed by atoms with Crippen molar-refractivity contribution in [2.45, 2.75) is 13.3 Å². The standard InChI is InChI=1S/C31H22BrFN4O3/c1-17-27(29(39)21-14-20(32)9-10-24(21)37(17)2)25(38)13-18-8-11-26(23(33)12-18)40-31-28-22(19-6-4-3-5-7-19)15-34-30(28)35-16-36-31/h3-12,14-16H,13H2,1-2H3,(H,34,35,36). The van der Waals surface area contributed by atoms with Gasteiger partial charge < -0.3 is 14.3 Å². The van der Waals surface area contributed by atoms with Gasteiger partial charge in [0, 0.05) is 40.8 Å². The van der Waals surface area contributed by atoms with Crippen LogP contribution in [-0.4, -0.2) is 25.3 Å². The summed E-state index contributed by atoms with van der Waals surface area (Å²) < 4.78 is 23.7. The van der Waals surface area contributed by atoms with Crippen LogP contribution in [0.3, 0.4) is 0 Å². The number of aryl methyl sites for hydroxylation is 1. The molecule has 3 aromatic heterocycles. The van der Waals surface area contributed by atoms with Gasteiger partial charge in [-0.1, -0.05) is 52.3 Å². The molecule has 7 nitrogen and oxygen atoms in total. The zero-order chi connectivity index (χ0) is 28.0. The fraction of sp³-hybridized carbons (Fsp3) is 0.0968. The van der Waals surface area contributed by atoms with Gasteiger partial charge in [0.15, 0.2) is 17.3 Å². The SMILES string of the molecule is Cc1c(C(=O)Cc2ccc(Oc3ncnc4[nH]cc(-c5ccccc5)c34)c(F)c2)c(=O)c2cc(Br)ccc2n1C. The van der Waals surface area contributed by atoms with Crippen molar-refractivity contribution in [1.29, 1.82) is 0 Å². The van der Waals surface area contributed by atoms with E-state index in [9.17, 15) is 9.59 Å². The molecule has 0 aliphatic heterocycles. The Labute approximate surface area is 236 Å². The van der Waals surface area contributed by atoms with Crippen LogP contribution in [0.5, 0.6) is 11.6 Å². The number of nitrogens with one attached hydrogen (secondary N) is 1. The molecule has 0 saturated carbocycles. The third-order valence-electron chi connectivity index (χ3n) is 7.02. The van der Waals surface area contributed by atoms with E-state index in [1.165, 1.54) is 18.5 Å². The molecule has 0 aliphatic rings. The van der Waals surface area contributed by atoms with Gasteiger partial charge >= 0.3 is 0 Å². The number of aromatic nitrogens is 4. The maximum absolute atomic E-state index is 15.3. The van der Waals surface area contributed by atoms with Gasteiger partial charge in [0.25, 0.3) is 0 Å². The first-order valence-corrected chi connectivity index (χ1v) is 13.3. The summed E-state index contributed by atoms with van der Waals surface area (Å²) >= 11 is 3.39. The summed E-state index contributed by atoms with van der Waals surface area (Å²) in [6.45, 7) is 1.74. The van der Waals surface area contributed by atoms with Crippen LogP contribution >= 0.6 is 15.9 Å². The molecule has 9 heteroatoms. The first-order chi connectivity index (χ1) is 19.3. The Bertz CT molecular complexity index is 2000. The molecular formula is C31H22BrFN4O3. The van der Waals surface area contributed by atoms with Crippen molar-refractivity contribution in [3.63, 3.8) is 0 Å². The van der Waals surface area contributed by atoms with Crippen molar-refractivity contribution in [2.75, 3.05) is 0 Å². The number of H-pyrrole nitrogens is 1. The number of Topliss-reactive ketones (excluding diaryl/α,β-unsaturated/α-hetero) is 1. The van der Waals surface area contributed by atoms with Crippen LogP contribution in [0.25, 0.3) is 33.1 Å². The molecule has 0 amide bonds. The first-order valence-electron chi connectivity index (χ1n) is 12.5. The van der Waals surface area contributed by atoms with E-state index < -0.39 is 5.82 Å². The van der Waals surface area contributed by atoms with Crippen LogP contribution in [0.4, 0.5) is 4.39 Å². The highest BCUT2D eigenvalue weighted by Gasteiger charge is 2.21. The largest absolute Gasteiger partial charge is 0.435 e. The summed E-state index contributed by atoms with van der Waals surface area (Å²) in [5.41, 5.74) is 3.78. The van der Waals surface area contributed by atoms with E-state index in [0.717, 1.165) is 21.1 Å². The van der Waals surface area contributed by atoms with Gasteiger partial charge in [-0.25, -0.2) is 14.4 Å². The monoisotopic (exact) mass is 596 g/mol. The average molecular weight is 597 g/mol. The summed E-state index contributed by atoms with van der Waals surface area (Å²) in [5.74, 6) is -0.875. The molecule has 6 aromatic rings. The third kappa shape index (κ3) is 4.48. The predicted octanol–water partition coefficient (Wildman–Crippen LogP) is 6.90. The number of hydrogen-bond acceptors (Lipinski definition) is 5. The minimum Gasteiger partial charge on any atom is -0.435 e. The van der Waals surface area contributed by atoms with E-state index in [2.05, 4.69) is 30.9 Å². The number of rotatable bonds is 6. The van der Waals surface area contributed by atoms with Crippen LogP contribution in [0.2, 0.25) is 0 Å². The van der Waals surface area contributed by atoms with E-state index in [1.54, 1.807) is 19.1 Å². The second-order valence-electron chi connectivity index (χ2n) is 9.45. The first kappa shape index (κ1) is 25.6. The van der Waals surface area contributed by atoms with Gasteiger partial charge in [0.2, 0.25) is 11.3 Å². The topological polar surface area (TPSA) is 89.9 Å². The van der Waals surface area contributed by atoms with Crippen molar-refractivity contribution in [3.05, 3.63) is 117 Å². The number of hydrogen-bond donors (Lipinski definition) is 1. The molecule has 1 N–H and O–H groups in total. The quantitative estimate of drug-likeness (QED) is 0.211.